The van der Waals surface area contributed by atoms with E-state index in [2.05, 4.69) is 15.6 Å². The first-order chi connectivity index (χ1) is 9.12. The third kappa shape index (κ3) is 4.65. The maximum atomic E-state index is 11.6. The normalized spacial score (nSPS) is 23.5. The summed E-state index contributed by atoms with van der Waals surface area (Å²) in [5.74, 6) is 1.85. The quantitative estimate of drug-likeness (QED) is 0.532. The van der Waals surface area contributed by atoms with Gasteiger partial charge in [0, 0.05) is 32.7 Å². The zero-order valence-electron chi connectivity index (χ0n) is 11.6. The van der Waals surface area contributed by atoms with E-state index >= 15 is 0 Å². The van der Waals surface area contributed by atoms with E-state index in [1.165, 1.54) is 12.8 Å². The SMILES string of the molecule is CCNC(=NCC1CC1)NCCN1CCCS1(=O)=O. The van der Waals surface area contributed by atoms with Crippen LogP contribution in [0, 0.1) is 5.92 Å². The lowest BCUT2D eigenvalue weighted by molar-refractivity contribution is 0.445. The van der Waals surface area contributed by atoms with Gasteiger partial charge in [-0.2, -0.15) is 0 Å². The van der Waals surface area contributed by atoms with Crippen molar-refractivity contribution in [1.82, 2.24) is 14.9 Å². The molecule has 19 heavy (non-hydrogen) atoms. The van der Waals surface area contributed by atoms with Crippen LogP contribution in [-0.2, 0) is 10.0 Å². The van der Waals surface area contributed by atoms with Crippen molar-refractivity contribution in [3.05, 3.63) is 0 Å². The van der Waals surface area contributed by atoms with Gasteiger partial charge in [0.2, 0.25) is 10.0 Å². The van der Waals surface area contributed by atoms with Crippen LogP contribution >= 0.6 is 0 Å². The summed E-state index contributed by atoms with van der Waals surface area (Å²) >= 11 is 0. The molecule has 0 radical (unpaired) electrons. The summed E-state index contributed by atoms with van der Waals surface area (Å²) in [6.07, 6.45) is 3.32. The summed E-state index contributed by atoms with van der Waals surface area (Å²) in [5, 5.41) is 6.38. The van der Waals surface area contributed by atoms with Crippen LogP contribution in [0.3, 0.4) is 0 Å². The summed E-state index contributed by atoms with van der Waals surface area (Å²) in [6.45, 7) is 5.50. The average Bonchev–Trinajstić information content (AvgIpc) is 3.12. The Kier molecular flexibility index (Phi) is 5.04. The molecular weight excluding hydrogens is 264 g/mol. The summed E-state index contributed by atoms with van der Waals surface area (Å²) < 4.78 is 24.8. The number of hydrogen-bond donors (Lipinski definition) is 2. The zero-order valence-corrected chi connectivity index (χ0v) is 12.4. The fourth-order valence-electron chi connectivity index (χ4n) is 2.10. The first kappa shape index (κ1) is 14.6. The number of nitrogens with zero attached hydrogens (tertiary/aromatic N) is 2. The van der Waals surface area contributed by atoms with E-state index in [4.69, 9.17) is 0 Å². The highest BCUT2D eigenvalue weighted by molar-refractivity contribution is 7.89. The van der Waals surface area contributed by atoms with Crippen LogP contribution in [0.5, 0.6) is 0 Å². The van der Waals surface area contributed by atoms with Crippen molar-refractivity contribution in [2.45, 2.75) is 26.2 Å². The third-order valence-corrected chi connectivity index (χ3v) is 5.36. The molecule has 0 atom stereocenters. The van der Waals surface area contributed by atoms with Crippen molar-refractivity contribution in [3.8, 4) is 0 Å². The van der Waals surface area contributed by atoms with Gasteiger partial charge >= 0.3 is 0 Å². The van der Waals surface area contributed by atoms with E-state index in [1.807, 2.05) is 6.92 Å². The van der Waals surface area contributed by atoms with Crippen molar-refractivity contribution in [2.24, 2.45) is 10.9 Å². The molecular formula is C12H24N4O2S. The maximum absolute atomic E-state index is 11.6. The van der Waals surface area contributed by atoms with E-state index in [9.17, 15) is 8.42 Å². The largest absolute Gasteiger partial charge is 0.357 e. The van der Waals surface area contributed by atoms with Crippen molar-refractivity contribution < 1.29 is 8.42 Å². The number of hydrogen-bond acceptors (Lipinski definition) is 3. The Hall–Kier alpha value is -0.820. The Balaban J connectivity index is 1.73. The molecule has 6 nitrogen and oxygen atoms in total. The Bertz CT molecular complexity index is 417. The van der Waals surface area contributed by atoms with Gasteiger partial charge in [0.15, 0.2) is 5.96 Å². The molecule has 0 spiro atoms. The van der Waals surface area contributed by atoms with E-state index < -0.39 is 10.0 Å². The molecule has 0 aromatic carbocycles. The Morgan fingerprint density at radius 1 is 1.37 bits per heavy atom. The second-order valence-corrected chi connectivity index (χ2v) is 7.25. The van der Waals surface area contributed by atoms with Gasteiger partial charge in [0.25, 0.3) is 0 Å². The molecule has 2 N–H and O–H groups in total. The second kappa shape index (κ2) is 6.56. The monoisotopic (exact) mass is 288 g/mol. The van der Waals surface area contributed by atoms with Gasteiger partial charge in [-0.05, 0) is 32.1 Å². The third-order valence-electron chi connectivity index (χ3n) is 3.41. The van der Waals surface area contributed by atoms with Crippen LogP contribution in [-0.4, -0.2) is 57.2 Å². The average molecular weight is 288 g/mol. The van der Waals surface area contributed by atoms with Crippen molar-refractivity contribution >= 4 is 16.0 Å². The molecule has 0 aromatic heterocycles. The molecule has 0 bridgehead atoms. The number of sulfonamides is 1. The second-order valence-electron chi connectivity index (χ2n) is 5.16. The molecule has 1 saturated carbocycles. The first-order valence-corrected chi connectivity index (χ1v) is 8.72. The summed E-state index contributed by atoms with van der Waals surface area (Å²) in [4.78, 5) is 4.50. The topological polar surface area (TPSA) is 73.8 Å². The lowest BCUT2D eigenvalue weighted by atomic mass is 10.4. The van der Waals surface area contributed by atoms with Crippen LogP contribution in [0.25, 0.3) is 0 Å². The molecule has 1 aliphatic heterocycles. The van der Waals surface area contributed by atoms with Gasteiger partial charge in [0.05, 0.1) is 5.75 Å². The van der Waals surface area contributed by atoms with Crippen LogP contribution in [0.1, 0.15) is 26.2 Å². The standard InChI is InChI=1S/C12H24N4O2S/c1-2-13-12(15-10-11-4-5-11)14-6-8-16-7-3-9-19(16,17)18/h11H,2-10H2,1H3,(H2,13,14,15). The van der Waals surface area contributed by atoms with Crippen LogP contribution in [0.4, 0.5) is 0 Å². The molecule has 0 unspecified atom stereocenters. The van der Waals surface area contributed by atoms with Crippen LogP contribution in [0.2, 0.25) is 0 Å². The Morgan fingerprint density at radius 3 is 2.74 bits per heavy atom. The summed E-state index contributed by atoms with van der Waals surface area (Å²) in [7, 11) is -2.98. The van der Waals surface area contributed by atoms with E-state index in [1.54, 1.807) is 4.31 Å². The number of nitrogens with one attached hydrogen (secondary N) is 2. The number of aliphatic imine (C=N–C) groups is 1. The van der Waals surface area contributed by atoms with Crippen molar-refractivity contribution in [2.75, 3.05) is 38.5 Å². The predicted octanol–water partition coefficient (Wildman–Crippen LogP) is -0.0130. The Morgan fingerprint density at radius 2 is 2.16 bits per heavy atom. The summed E-state index contributed by atoms with van der Waals surface area (Å²) in [5.41, 5.74) is 0. The van der Waals surface area contributed by atoms with Crippen molar-refractivity contribution in [3.63, 3.8) is 0 Å². The van der Waals surface area contributed by atoms with Gasteiger partial charge in [0.1, 0.15) is 0 Å². The minimum absolute atomic E-state index is 0.294. The minimum Gasteiger partial charge on any atom is -0.357 e. The molecule has 2 aliphatic rings. The van der Waals surface area contributed by atoms with E-state index in [0.29, 0.717) is 25.4 Å². The van der Waals surface area contributed by atoms with Gasteiger partial charge in [-0.1, -0.05) is 0 Å². The zero-order chi connectivity index (χ0) is 13.7. The highest BCUT2D eigenvalue weighted by Crippen LogP contribution is 2.28. The number of rotatable bonds is 6. The van der Waals surface area contributed by atoms with E-state index in [-0.39, 0.29) is 0 Å². The van der Waals surface area contributed by atoms with Gasteiger partial charge in [-0.3, -0.25) is 4.99 Å². The fourth-order valence-corrected chi connectivity index (χ4v) is 3.63. The van der Waals surface area contributed by atoms with Crippen LogP contribution < -0.4 is 10.6 Å². The number of guanidine groups is 1. The van der Waals surface area contributed by atoms with Gasteiger partial charge in [-0.15, -0.1) is 0 Å². The fraction of sp³-hybridized carbons (Fsp3) is 0.917. The highest BCUT2D eigenvalue weighted by atomic mass is 32.2. The van der Waals surface area contributed by atoms with Gasteiger partial charge < -0.3 is 10.6 Å². The molecule has 0 aromatic rings. The molecule has 1 saturated heterocycles. The molecule has 7 heteroatoms. The molecule has 2 rings (SSSR count). The molecule has 110 valence electrons. The lowest BCUT2D eigenvalue weighted by Crippen LogP contribution is -2.42. The minimum atomic E-state index is -2.98. The lowest BCUT2D eigenvalue weighted by Gasteiger charge is -2.16. The first-order valence-electron chi connectivity index (χ1n) is 7.12. The summed E-state index contributed by atoms with van der Waals surface area (Å²) in [6, 6.07) is 0. The van der Waals surface area contributed by atoms with E-state index in [0.717, 1.165) is 31.4 Å². The molecule has 2 fully saturated rings. The van der Waals surface area contributed by atoms with Gasteiger partial charge in [-0.25, -0.2) is 12.7 Å². The molecule has 1 heterocycles. The molecule has 1 aliphatic carbocycles. The Labute approximate surface area is 115 Å². The smallest absolute Gasteiger partial charge is 0.214 e. The predicted molar refractivity (Wildman–Crippen MR) is 76.7 cm³/mol. The van der Waals surface area contributed by atoms with Crippen LogP contribution in [0.15, 0.2) is 4.99 Å². The maximum Gasteiger partial charge on any atom is 0.214 e. The van der Waals surface area contributed by atoms with Crippen molar-refractivity contribution in [1.29, 1.82) is 0 Å². The molecule has 0 amide bonds. The highest BCUT2D eigenvalue weighted by Gasteiger charge is 2.27.